The Morgan fingerprint density at radius 3 is 2.77 bits per heavy atom. The van der Waals surface area contributed by atoms with Gasteiger partial charge in [-0.1, -0.05) is 12.1 Å². The van der Waals surface area contributed by atoms with Crippen LogP contribution in [-0.2, 0) is 11.3 Å². The Bertz CT molecular complexity index is 749. The lowest BCUT2D eigenvalue weighted by atomic mass is 10.1. The zero-order valence-electron chi connectivity index (χ0n) is 15.1. The average molecular weight is 394 g/mol. The van der Waals surface area contributed by atoms with Crippen molar-refractivity contribution in [1.82, 2.24) is 15.6 Å². The highest BCUT2D eigenvalue weighted by atomic mass is 32.2. The smallest absolute Gasteiger partial charge is 0.255 e. The van der Waals surface area contributed by atoms with Crippen molar-refractivity contribution in [1.29, 1.82) is 0 Å². The molecule has 0 saturated heterocycles. The van der Waals surface area contributed by atoms with E-state index in [0.29, 0.717) is 24.3 Å². The standard InChI is InChI=1S/C18H23N3O3S2/c1-12-11-26-16(20-12)10-19-18(23)14(8-9-25-3)21-17(22)13-6-4-5-7-15(13)24-2/h4-7,11,14H,8-10H2,1-3H3,(H,19,23)(H,21,22). The van der Waals surface area contributed by atoms with Crippen molar-refractivity contribution in [2.75, 3.05) is 19.1 Å². The molecule has 2 aromatic rings. The van der Waals surface area contributed by atoms with Crippen LogP contribution in [-0.4, -0.2) is 42.0 Å². The molecule has 1 heterocycles. The third-order valence-electron chi connectivity index (χ3n) is 3.66. The maximum absolute atomic E-state index is 12.6. The number of benzene rings is 1. The first-order chi connectivity index (χ1) is 12.5. The zero-order chi connectivity index (χ0) is 18.9. The molecule has 6 nitrogen and oxygen atoms in total. The van der Waals surface area contributed by atoms with Gasteiger partial charge in [0.05, 0.1) is 19.2 Å². The van der Waals surface area contributed by atoms with Crippen LogP contribution in [0.15, 0.2) is 29.6 Å². The molecule has 0 radical (unpaired) electrons. The number of hydrogen-bond donors (Lipinski definition) is 2. The number of thioether (sulfide) groups is 1. The van der Waals surface area contributed by atoms with Crippen LogP contribution in [0.5, 0.6) is 5.75 Å². The monoisotopic (exact) mass is 393 g/mol. The number of methoxy groups -OCH3 is 1. The van der Waals surface area contributed by atoms with Crippen molar-refractivity contribution < 1.29 is 14.3 Å². The van der Waals surface area contributed by atoms with Crippen LogP contribution in [0.4, 0.5) is 0 Å². The molecule has 0 spiro atoms. The van der Waals surface area contributed by atoms with Gasteiger partial charge in [0.2, 0.25) is 5.91 Å². The molecule has 0 fully saturated rings. The summed E-state index contributed by atoms with van der Waals surface area (Å²) in [7, 11) is 1.51. The van der Waals surface area contributed by atoms with Crippen LogP contribution in [0.1, 0.15) is 27.5 Å². The first-order valence-corrected chi connectivity index (χ1v) is 10.4. The van der Waals surface area contributed by atoms with Crippen molar-refractivity contribution in [3.63, 3.8) is 0 Å². The number of thiazole rings is 1. The first kappa shape index (κ1) is 20.3. The van der Waals surface area contributed by atoms with E-state index >= 15 is 0 Å². The summed E-state index contributed by atoms with van der Waals surface area (Å²) in [5, 5.41) is 8.47. The van der Waals surface area contributed by atoms with E-state index in [-0.39, 0.29) is 11.8 Å². The number of ether oxygens (including phenoxy) is 1. The van der Waals surface area contributed by atoms with Gasteiger partial charge in [0.15, 0.2) is 0 Å². The van der Waals surface area contributed by atoms with Crippen LogP contribution in [0.2, 0.25) is 0 Å². The van der Waals surface area contributed by atoms with Crippen LogP contribution in [0, 0.1) is 6.92 Å². The quantitative estimate of drug-likeness (QED) is 0.685. The van der Waals surface area contributed by atoms with E-state index in [9.17, 15) is 9.59 Å². The van der Waals surface area contributed by atoms with Crippen LogP contribution < -0.4 is 15.4 Å². The molecule has 0 aliphatic rings. The van der Waals surface area contributed by atoms with Crippen LogP contribution in [0.3, 0.4) is 0 Å². The molecule has 0 aliphatic heterocycles. The minimum absolute atomic E-state index is 0.213. The number of amides is 2. The minimum Gasteiger partial charge on any atom is -0.496 e. The molecule has 2 rings (SSSR count). The molecule has 0 aliphatic carbocycles. The van der Waals surface area contributed by atoms with Gasteiger partial charge in [0, 0.05) is 11.1 Å². The van der Waals surface area contributed by atoms with Gasteiger partial charge in [-0.2, -0.15) is 11.8 Å². The maximum atomic E-state index is 12.6. The predicted molar refractivity (Wildman–Crippen MR) is 106 cm³/mol. The van der Waals surface area contributed by atoms with Gasteiger partial charge in [0.1, 0.15) is 16.8 Å². The van der Waals surface area contributed by atoms with Gasteiger partial charge in [0.25, 0.3) is 5.91 Å². The lowest BCUT2D eigenvalue weighted by Gasteiger charge is -2.18. The predicted octanol–water partition coefficient (Wildman–Crippen LogP) is 2.63. The van der Waals surface area contributed by atoms with Gasteiger partial charge in [-0.3, -0.25) is 9.59 Å². The average Bonchev–Trinajstić information content (AvgIpc) is 3.08. The Kier molecular flexibility index (Phi) is 7.93. The number of hydrogen-bond acceptors (Lipinski definition) is 6. The Hall–Kier alpha value is -2.06. The molecular formula is C18H23N3O3S2. The second-order valence-electron chi connectivity index (χ2n) is 5.61. The summed E-state index contributed by atoms with van der Waals surface area (Å²) in [4.78, 5) is 29.5. The van der Waals surface area contributed by atoms with Gasteiger partial charge in [-0.25, -0.2) is 4.98 Å². The summed E-state index contributed by atoms with van der Waals surface area (Å²) in [5.41, 5.74) is 1.34. The fourth-order valence-electron chi connectivity index (χ4n) is 2.34. The van der Waals surface area contributed by atoms with E-state index in [4.69, 9.17) is 4.74 Å². The summed E-state index contributed by atoms with van der Waals surface area (Å²) in [6.45, 7) is 2.27. The van der Waals surface area contributed by atoms with E-state index in [0.717, 1.165) is 16.5 Å². The molecule has 1 atom stereocenters. The molecule has 1 aromatic heterocycles. The topological polar surface area (TPSA) is 80.3 Å². The fraction of sp³-hybridized carbons (Fsp3) is 0.389. The number of aromatic nitrogens is 1. The Labute approximate surface area is 161 Å². The fourth-order valence-corrected chi connectivity index (χ4v) is 3.53. The van der Waals surface area contributed by atoms with E-state index < -0.39 is 6.04 Å². The molecule has 2 amide bonds. The van der Waals surface area contributed by atoms with E-state index in [1.54, 1.807) is 36.0 Å². The van der Waals surface area contributed by atoms with E-state index in [1.165, 1.54) is 18.4 Å². The second-order valence-corrected chi connectivity index (χ2v) is 7.54. The highest BCUT2D eigenvalue weighted by Crippen LogP contribution is 2.17. The number of nitrogens with zero attached hydrogens (tertiary/aromatic N) is 1. The normalized spacial score (nSPS) is 11.7. The Morgan fingerprint density at radius 1 is 1.35 bits per heavy atom. The number of carbonyl (C=O) groups excluding carboxylic acids is 2. The van der Waals surface area contributed by atoms with Crippen molar-refractivity contribution >= 4 is 34.9 Å². The highest BCUT2D eigenvalue weighted by Gasteiger charge is 2.22. The van der Waals surface area contributed by atoms with Crippen molar-refractivity contribution in [3.05, 3.63) is 45.9 Å². The third kappa shape index (κ3) is 5.74. The van der Waals surface area contributed by atoms with Crippen LogP contribution >= 0.6 is 23.1 Å². The Balaban J connectivity index is 2.03. The van der Waals surface area contributed by atoms with Crippen molar-refractivity contribution in [3.8, 4) is 5.75 Å². The molecule has 0 saturated carbocycles. The summed E-state index contributed by atoms with van der Waals surface area (Å²) in [6, 6.07) is 6.34. The maximum Gasteiger partial charge on any atom is 0.255 e. The number of rotatable bonds is 9. The molecule has 1 unspecified atom stereocenters. The molecule has 26 heavy (non-hydrogen) atoms. The second kappa shape index (κ2) is 10.2. The number of aryl methyl sites for hydroxylation is 1. The summed E-state index contributed by atoms with van der Waals surface area (Å²) in [5.74, 6) is 0.705. The largest absolute Gasteiger partial charge is 0.496 e. The van der Waals surface area contributed by atoms with E-state index in [1.807, 2.05) is 18.6 Å². The Morgan fingerprint density at radius 2 is 2.12 bits per heavy atom. The highest BCUT2D eigenvalue weighted by molar-refractivity contribution is 7.98. The van der Waals surface area contributed by atoms with Gasteiger partial charge < -0.3 is 15.4 Å². The van der Waals surface area contributed by atoms with Gasteiger partial charge in [-0.05, 0) is 37.5 Å². The number of para-hydroxylation sites is 1. The molecular weight excluding hydrogens is 370 g/mol. The van der Waals surface area contributed by atoms with E-state index in [2.05, 4.69) is 15.6 Å². The van der Waals surface area contributed by atoms with Crippen molar-refractivity contribution in [2.45, 2.75) is 25.9 Å². The minimum atomic E-state index is -0.610. The zero-order valence-corrected chi connectivity index (χ0v) is 16.7. The van der Waals surface area contributed by atoms with Gasteiger partial charge >= 0.3 is 0 Å². The summed E-state index contributed by atoms with van der Waals surface area (Å²) in [6.07, 6.45) is 2.51. The molecule has 0 bridgehead atoms. The lowest BCUT2D eigenvalue weighted by Crippen LogP contribution is -2.47. The molecule has 1 aromatic carbocycles. The SMILES string of the molecule is COc1ccccc1C(=O)NC(CCSC)C(=O)NCc1nc(C)cs1. The number of carbonyl (C=O) groups is 2. The number of nitrogens with one attached hydrogen (secondary N) is 2. The summed E-state index contributed by atoms with van der Waals surface area (Å²) >= 11 is 3.13. The van der Waals surface area contributed by atoms with Crippen molar-refractivity contribution in [2.24, 2.45) is 0 Å². The third-order valence-corrected chi connectivity index (χ3v) is 5.28. The van der Waals surface area contributed by atoms with Gasteiger partial charge in [-0.15, -0.1) is 11.3 Å². The molecule has 8 heteroatoms. The van der Waals surface area contributed by atoms with Crippen LogP contribution in [0.25, 0.3) is 0 Å². The molecule has 2 N–H and O–H groups in total. The molecule has 140 valence electrons. The first-order valence-electron chi connectivity index (χ1n) is 8.16. The summed E-state index contributed by atoms with van der Waals surface area (Å²) < 4.78 is 5.22. The lowest BCUT2D eigenvalue weighted by molar-refractivity contribution is -0.123.